The topological polar surface area (TPSA) is 29.3 Å². The van der Waals surface area contributed by atoms with Crippen LogP contribution >= 0.6 is 11.6 Å². The number of nitrogens with zero attached hydrogens (tertiary/aromatic N) is 1. The average molecular weight is 295 g/mol. The molecule has 20 heavy (non-hydrogen) atoms. The monoisotopic (exact) mass is 294 g/mol. The Hall–Kier alpha value is -0.570. The third-order valence-corrected chi connectivity index (χ3v) is 4.96. The summed E-state index contributed by atoms with van der Waals surface area (Å²) in [5.74, 6) is 1.45. The normalized spacial score (nSPS) is 31.0. The standard InChI is InChI=1S/C17H27ClN2/c1-11-9-12(2)14(4)20(10-11)17(13(3)19)15-5-7-16(18)8-6-15/h5-8,11-14,17H,9-10,19H2,1-4H3. The summed E-state index contributed by atoms with van der Waals surface area (Å²) in [6.45, 7) is 10.3. The predicted molar refractivity (Wildman–Crippen MR) is 87.0 cm³/mol. The minimum Gasteiger partial charge on any atom is -0.326 e. The Morgan fingerprint density at radius 2 is 1.80 bits per heavy atom. The Morgan fingerprint density at radius 1 is 1.20 bits per heavy atom. The number of piperidine rings is 1. The van der Waals surface area contributed by atoms with Crippen molar-refractivity contribution in [2.45, 2.75) is 52.2 Å². The maximum Gasteiger partial charge on any atom is 0.0499 e. The van der Waals surface area contributed by atoms with Gasteiger partial charge < -0.3 is 5.73 Å². The Bertz CT molecular complexity index is 429. The molecule has 112 valence electrons. The molecule has 2 rings (SSSR count). The van der Waals surface area contributed by atoms with Gasteiger partial charge in [0.25, 0.3) is 0 Å². The number of rotatable bonds is 3. The molecule has 1 saturated heterocycles. The highest BCUT2D eigenvalue weighted by molar-refractivity contribution is 6.30. The van der Waals surface area contributed by atoms with E-state index in [0.717, 1.165) is 17.5 Å². The van der Waals surface area contributed by atoms with Crippen LogP contribution in [0.1, 0.15) is 45.7 Å². The molecule has 0 bridgehead atoms. The summed E-state index contributed by atoms with van der Waals surface area (Å²) >= 11 is 6.01. The van der Waals surface area contributed by atoms with Crippen LogP contribution in [0.25, 0.3) is 0 Å². The Kier molecular flexibility index (Phi) is 5.11. The maximum absolute atomic E-state index is 6.32. The van der Waals surface area contributed by atoms with Crippen molar-refractivity contribution < 1.29 is 0 Å². The van der Waals surface area contributed by atoms with Crippen LogP contribution in [0.3, 0.4) is 0 Å². The van der Waals surface area contributed by atoms with Crippen molar-refractivity contribution >= 4 is 11.6 Å². The molecule has 0 aromatic heterocycles. The maximum atomic E-state index is 6.32. The van der Waals surface area contributed by atoms with Crippen molar-refractivity contribution in [3.63, 3.8) is 0 Å². The summed E-state index contributed by atoms with van der Waals surface area (Å²) in [7, 11) is 0. The van der Waals surface area contributed by atoms with Crippen molar-refractivity contribution in [1.82, 2.24) is 4.90 Å². The fourth-order valence-corrected chi connectivity index (χ4v) is 3.71. The van der Waals surface area contributed by atoms with Crippen molar-refractivity contribution in [3.05, 3.63) is 34.9 Å². The number of benzene rings is 1. The molecule has 1 aliphatic rings. The molecule has 0 aliphatic carbocycles. The summed E-state index contributed by atoms with van der Waals surface area (Å²) < 4.78 is 0. The first-order chi connectivity index (χ1) is 9.40. The van der Waals surface area contributed by atoms with Gasteiger partial charge in [0.1, 0.15) is 0 Å². The van der Waals surface area contributed by atoms with E-state index >= 15 is 0 Å². The third-order valence-electron chi connectivity index (χ3n) is 4.71. The van der Waals surface area contributed by atoms with E-state index in [1.54, 1.807) is 0 Å². The summed E-state index contributed by atoms with van der Waals surface area (Å²) in [4.78, 5) is 2.59. The predicted octanol–water partition coefficient (Wildman–Crippen LogP) is 4.09. The van der Waals surface area contributed by atoms with Gasteiger partial charge >= 0.3 is 0 Å². The van der Waals surface area contributed by atoms with Gasteiger partial charge in [-0.2, -0.15) is 0 Å². The smallest absolute Gasteiger partial charge is 0.0499 e. The minimum atomic E-state index is 0.108. The summed E-state index contributed by atoms with van der Waals surface area (Å²) in [6, 6.07) is 9.11. The molecule has 0 amide bonds. The van der Waals surface area contributed by atoms with E-state index < -0.39 is 0 Å². The molecule has 3 heteroatoms. The van der Waals surface area contributed by atoms with Gasteiger partial charge in [-0.25, -0.2) is 0 Å². The van der Waals surface area contributed by atoms with E-state index in [4.69, 9.17) is 17.3 Å². The van der Waals surface area contributed by atoms with Crippen LogP contribution in [0.15, 0.2) is 24.3 Å². The average Bonchev–Trinajstić information content (AvgIpc) is 2.37. The summed E-state index contributed by atoms with van der Waals surface area (Å²) in [5, 5.41) is 0.783. The summed E-state index contributed by atoms with van der Waals surface area (Å²) in [5.41, 5.74) is 7.59. The van der Waals surface area contributed by atoms with Gasteiger partial charge in [0, 0.05) is 29.7 Å². The zero-order valence-electron chi connectivity index (χ0n) is 13.0. The van der Waals surface area contributed by atoms with Crippen molar-refractivity contribution in [2.24, 2.45) is 17.6 Å². The van der Waals surface area contributed by atoms with Crippen LogP contribution in [0.4, 0.5) is 0 Å². The lowest BCUT2D eigenvalue weighted by molar-refractivity contribution is 0.0314. The van der Waals surface area contributed by atoms with Gasteiger partial charge in [-0.1, -0.05) is 37.6 Å². The number of likely N-dealkylation sites (tertiary alicyclic amines) is 1. The second-order valence-corrected chi connectivity index (χ2v) is 7.05. The number of halogens is 1. The molecule has 1 heterocycles. The first-order valence-corrected chi connectivity index (χ1v) is 8.04. The first-order valence-electron chi connectivity index (χ1n) is 7.67. The Morgan fingerprint density at radius 3 is 2.35 bits per heavy atom. The van der Waals surface area contributed by atoms with E-state index in [9.17, 15) is 0 Å². The molecule has 5 atom stereocenters. The molecule has 1 aromatic carbocycles. The van der Waals surface area contributed by atoms with E-state index in [1.807, 2.05) is 12.1 Å². The number of nitrogens with two attached hydrogens (primary N) is 1. The van der Waals surface area contributed by atoms with Crippen molar-refractivity contribution in [1.29, 1.82) is 0 Å². The second kappa shape index (κ2) is 6.46. The molecule has 2 N–H and O–H groups in total. The van der Waals surface area contributed by atoms with Gasteiger partial charge in [0.15, 0.2) is 0 Å². The molecule has 0 radical (unpaired) electrons. The molecule has 1 fully saturated rings. The SMILES string of the molecule is CC1CC(C)C(C)N(C(c2ccc(Cl)cc2)C(C)N)C1. The molecule has 1 aromatic rings. The highest BCUT2D eigenvalue weighted by Crippen LogP contribution is 2.35. The second-order valence-electron chi connectivity index (χ2n) is 6.61. The Labute approximate surface area is 128 Å². The fourth-order valence-electron chi connectivity index (χ4n) is 3.58. The van der Waals surface area contributed by atoms with E-state index in [-0.39, 0.29) is 12.1 Å². The lowest BCUT2D eigenvalue weighted by atomic mass is 9.83. The van der Waals surface area contributed by atoms with Crippen LogP contribution in [-0.2, 0) is 0 Å². The van der Waals surface area contributed by atoms with Gasteiger partial charge in [0.2, 0.25) is 0 Å². The molecule has 5 unspecified atom stereocenters. The van der Waals surface area contributed by atoms with Crippen LogP contribution in [0, 0.1) is 11.8 Å². The molecular weight excluding hydrogens is 268 g/mol. The fraction of sp³-hybridized carbons (Fsp3) is 0.647. The van der Waals surface area contributed by atoms with E-state index in [1.165, 1.54) is 12.0 Å². The highest BCUT2D eigenvalue weighted by Gasteiger charge is 2.35. The van der Waals surface area contributed by atoms with Gasteiger partial charge in [-0.05, 0) is 49.8 Å². The van der Waals surface area contributed by atoms with Gasteiger partial charge in [-0.3, -0.25) is 4.90 Å². The lowest BCUT2D eigenvalue weighted by Crippen LogP contribution is -2.51. The molecular formula is C17H27ClN2. The quantitative estimate of drug-likeness (QED) is 0.909. The molecule has 0 spiro atoms. The molecule has 1 aliphatic heterocycles. The van der Waals surface area contributed by atoms with Crippen LogP contribution in [-0.4, -0.2) is 23.5 Å². The van der Waals surface area contributed by atoms with Gasteiger partial charge in [-0.15, -0.1) is 0 Å². The van der Waals surface area contributed by atoms with Crippen LogP contribution in [0.2, 0.25) is 5.02 Å². The largest absolute Gasteiger partial charge is 0.326 e. The minimum absolute atomic E-state index is 0.108. The van der Waals surface area contributed by atoms with Crippen LogP contribution in [0.5, 0.6) is 0 Å². The van der Waals surface area contributed by atoms with Crippen LogP contribution < -0.4 is 5.73 Å². The van der Waals surface area contributed by atoms with Crippen molar-refractivity contribution in [2.75, 3.05) is 6.54 Å². The Balaban J connectivity index is 2.30. The first kappa shape index (κ1) is 15.8. The summed E-state index contributed by atoms with van der Waals surface area (Å²) in [6.07, 6.45) is 1.31. The molecule has 2 nitrogen and oxygen atoms in total. The van der Waals surface area contributed by atoms with Crippen molar-refractivity contribution in [3.8, 4) is 0 Å². The zero-order valence-corrected chi connectivity index (χ0v) is 13.8. The number of hydrogen-bond donors (Lipinski definition) is 1. The van der Waals surface area contributed by atoms with E-state index in [0.29, 0.717) is 12.0 Å². The van der Waals surface area contributed by atoms with Gasteiger partial charge in [0.05, 0.1) is 0 Å². The third kappa shape index (κ3) is 3.36. The lowest BCUT2D eigenvalue weighted by Gasteiger charge is -2.46. The van der Waals surface area contributed by atoms with E-state index in [2.05, 4.69) is 44.7 Å². The molecule has 0 saturated carbocycles. The zero-order chi connectivity index (χ0) is 14.9. The number of hydrogen-bond acceptors (Lipinski definition) is 2. The highest BCUT2D eigenvalue weighted by atomic mass is 35.5.